The molecule has 0 aliphatic carbocycles. The summed E-state index contributed by atoms with van der Waals surface area (Å²) in [4.78, 5) is 12.0. The van der Waals surface area contributed by atoms with E-state index in [2.05, 4.69) is 5.32 Å². The van der Waals surface area contributed by atoms with E-state index >= 15 is 0 Å². The molecule has 1 saturated heterocycles. The molecule has 102 valence electrons. The monoisotopic (exact) mass is 261 g/mol. The zero-order chi connectivity index (χ0) is 13.1. The molecule has 0 radical (unpaired) electrons. The van der Waals surface area contributed by atoms with Gasteiger partial charge < -0.3 is 14.8 Å². The van der Waals surface area contributed by atoms with Crippen molar-refractivity contribution in [3.05, 3.63) is 34.9 Å². The molecule has 0 aromatic heterocycles. The lowest BCUT2D eigenvalue weighted by Gasteiger charge is -2.21. The lowest BCUT2D eigenvalue weighted by atomic mass is 10.0. The van der Waals surface area contributed by atoms with E-state index in [1.165, 1.54) is 11.1 Å². The number of benzene rings is 1. The van der Waals surface area contributed by atoms with Gasteiger partial charge in [-0.15, -0.1) is 0 Å². The molecule has 0 saturated carbocycles. The van der Waals surface area contributed by atoms with E-state index in [-0.39, 0.29) is 5.97 Å². The van der Waals surface area contributed by atoms with Gasteiger partial charge in [-0.05, 0) is 42.0 Å². The first-order valence-corrected chi connectivity index (χ1v) is 6.90. The minimum atomic E-state index is -0.207. The van der Waals surface area contributed by atoms with E-state index < -0.39 is 0 Å². The fourth-order valence-corrected chi connectivity index (χ4v) is 2.61. The third-order valence-electron chi connectivity index (χ3n) is 3.86. The van der Waals surface area contributed by atoms with Gasteiger partial charge in [-0.3, -0.25) is 0 Å². The lowest BCUT2D eigenvalue weighted by Crippen LogP contribution is -2.22. The smallest absolute Gasteiger partial charge is 0.338 e. The molecule has 1 fully saturated rings. The lowest BCUT2D eigenvalue weighted by molar-refractivity contribution is 0.0185. The molecular weight excluding hydrogens is 242 g/mol. The van der Waals surface area contributed by atoms with Crippen LogP contribution in [0.2, 0.25) is 0 Å². The van der Waals surface area contributed by atoms with Crippen LogP contribution in [0.5, 0.6) is 0 Å². The van der Waals surface area contributed by atoms with Crippen LogP contribution < -0.4 is 5.32 Å². The summed E-state index contributed by atoms with van der Waals surface area (Å²) in [7, 11) is 0. The van der Waals surface area contributed by atoms with Crippen LogP contribution in [0.4, 0.5) is 0 Å². The number of rotatable bonds is 3. The van der Waals surface area contributed by atoms with Crippen LogP contribution >= 0.6 is 0 Å². The van der Waals surface area contributed by atoms with Gasteiger partial charge in [0.25, 0.3) is 0 Å². The number of carbonyl (C=O) groups excluding carboxylic acids is 1. The highest BCUT2D eigenvalue weighted by Gasteiger charge is 2.18. The van der Waals surface area contributed by atoms with Gasteiger partial charge in [-0.2, -0.15) is 0 Å². The van der Waals surface area contributed by atoms with E-state index in [1.807, 2.05) is 18.2 Å². The van der Waals surface area contributed by atoms with Crippen LogP contribution in [0.3, 0.4) is 0 Å². The number of ether oxygens (including phenoxy) is 2. The van der Waals surface area contributed by atoms with Crippen molar-refractivity contribution in [2.45, 2.75) is 25.9 Å². The van der Waals surface area contributed by atoms with Crippen molar-refractivity contribution in [3.63, 3.8) is 0 Å². The van der Waals surface area contributed by atoms with Crippen LogP contribution in [0.25, 0.3) is 0 Å². The summed E-state index contributed by atoms with van der Waals surface area (Å²) >= 11 is 0. The third kappa shape index (κ3) is 2.96. The number of hydrogen-bond donors (Lipinski definition) is 1. The Kier molecular flexibility index (Phi) is 3.80. The summed E-state index contributed by atoms with van der Waals surface area (Å²) in [6.45, 7) is 3.82. The van der Waals surface area contributed by atoms with Crippen molar-refractivity contribution in [2.24, 2.45) is 5.92 Å². The third-order valence-corrected chi connectivity index (χ3v) is 3.86. The van der Waals surface area contributed by atoms with Gasteiger partial charge in [0.15, 0.2) is 0 Å². The molecule has 2 heterocycles. The van der Waals surface area contributed by atoms with Crippen molar-refractivity contribution in [1.82, 2.24) is 5.32 Å². The van der Waals surface area contributed by atoms with Crippen molar-refractivity contribution in [1.29, 1.82) is 0 Å². The Balaban J connectivity index is 1.57. The van der Waals surface area contributed by atoms with Gasteiger partial charge in [-0.1, -0.05) is 6.07 Å². The molecule has 0 amide bonds. The largest absolute Gasteiger partial charge is 0.462 e. The minimum Gasteiger partial charge on any atom is -0.462 e. The summed E-state index contributed by atoms with van der Waals surface area (Å²) < 4.78 is 10.7. The molecule has 1 N–H and O–H groups in total. The van der Waals surface area contributed by atoms with Crippen molar-refractivity contribution in [3.8, 4) is 0 Å². The number of hydrogen-bond acceptors (Lipinski definition) is 4. The first-order valence-electron chi connectivity index (χ1n) is 6.90. The molecule has 0 spiro atoms. The van der Waals surface area contributed by atoms with Gasteiger partial charge in [0, 0.05) is 26.3 Å². The molecular formula is C15H19NO3. The number of esters is 1. The molecule has 19 heavy (non-hydrogen) atoms. The molecule has 0 atom stereocenters. The Labute approximate surface area is 113 Å². The predicted octanol–water partition coefficient (Wildman–Crippen LogP) is 1.87. The maximum absolute atomic E-state index is 12.0. The molecule has 4 heteroatoms. The maximum Gasteiger partial charge on any atom is 0.338 e. The molecule has 2 aliphatic heterocycles. The summed E-state index contributed by atoms with van der Waals surface area (Å²) in [5, 5.41) is 3.27. The first kappa shape index (κ1) is 12.6. The maximum atomic E-state index is 12.0. The predicted molar refractivity (Wildman–Crippen MR) is 70.8 cm³/mol. The minimum absolute atomic E-state index is 0.207. The Hall–Kier alpha value is -1.39. The quantitative estimate of drug-likeness (QED) is 0.844. The number of nitrogens with one attached hydrogen (secondary N) is 1. The van der Waals surface area contributed by atoms with Gasteiger partial charge in [0.1, 0.15) is 0 Å². The molecule has 2 aliphatic rings. The molecule has 1 aromatic carbocycles. The summed E-state index contributed by atoms with van der Waals surface area (Å²) in [6.07, 6.45) is 1.97. The Morgan fingerprint density at radius 2 is 2.05 bits per heavy atom. The molecule has 0 unspecified atom stereocenters. The summed E-state index contributed by atoms with van der Waals surface area (Å²) in [5.41, 5.74) is 3.15. The second-order valence-corrected chi connectivity index (χ2v) is 5.24. The first-order chi connectivity index (χ1) is 9.33. The summed E-state index contributed by atoms with van der Waals surface area (Å²) in [6, 6.07) is 5.82. The van der Waals surface area contributed by atoms with Crippen LogP contribution in [0.15, 0.2) is 18.2 Å². The Morgan fingerprint density at radius 3 is 2.89 bits per heavy atom. The van der Waals surface area contributed by atoms with Crippen molar-refractivity contribution >= 4 is 5.97 Å². The summed E-state index contributed by atoms with van der Waals surface area (Å²) in [5.74, 6) is 0.245. The van der Waals surface area contributed by atoms with Crippen LogP contribution in [0.1, 0.15) is 34.3 Å². The van der Waals surface area contributed by atoms with Gasteiger partial charge in [-0.25, -0.2) is 4.79 Å². The highest BCUT2D eigenvalue weighted by Crippen LogP contribution is 2.19. The average molecular weight is 261 g/mol. The highest BCUT2D eigenvalue weighted by atomic mass is 16.5. The normalized spacial score (nSPS) is 19.2. The standard InChI is InChI=1S/C15H19NO3/c17-15(19-10-11-3-5-18-6-4-11)12-1-2-13-8-16-9-14(13)7-12/h1-2,7,11,16H,3-6,8-10H2. The molecule has 0 bridgehead atoms. The molecule has 3 rings (SSSR count). The van der Waals surface area contributed by atoms with E-state index in [0.717, 1.165) is 39.1 Å². The second kappa shape index (κ2) is 5.72. The fourth-order valence-electron chi connectivity index (χ4n) is 2.61. The zero-order valence-electron chi connectivity index (χ0n) is 11.0. The second-order valence-electron chi connectivity index (χ2n) is 5.24. The SMILES string of the molecule is O=C(OCC1CCOCC1)c1ccc2c(c1)CNC2. The van der Waals surface area contributed by atoms with Gasteiger partial charge >= 0.3 is 5.97 Å². The van der Waals surface area contributed by atoms with E-state index in [0.29, 0.717) is 18.1 Å². The average Bonchev–Trinajstić information content (AvgIpc) is 2.93. The van der Waals surface area contributed by atoms with Gasteiger partial charge in [0.05, 0.1) is 12.2 Å². The topological polar surface area (TPSA) is 47.6 Å². The van der Waals surface area contributed by atoms with Gasteiger partial charge in [0.2, 0.25) is 0 Å². The Morgan fingerprint density at radius 1 is 1.26 bits per heavy atom. The van der Waals surface area contributed by atoms with E-state index in [9.17, 15) is 4.79 Å². The van der Waals surface area contributed by atoms with E-state index in [4.69, 9.17) is 9.47 Å². The Bertz CT molecular complexity index is 466. The van der Waals surface area contributed by atoms with E-state index in [1.54, 1.807) is 0 Å². The van der Waals surface area contributed by atoms with Crippen LogP contribution in [-0.4, -0.2) is 25.8 Å². The van der Waals surface area contributed by atoms with Crippen LogP contribution in [-0.2, 0) is 22.6 Å². The van der Waals surface area contributed by atoms with Crippen LogP contribution in [0, 0.1) is 5.92 Å². The highest BCUT2D eigenvalue weighted by molar-refractivity contribution is 5.89. The molecule has 1 aromatic rings. The fraction of sp³-hybridized carbons (Fsp3) is 0.533. The van der Waals surface area contributed by atoms with Crippen molar-refractivity contribution in [2.75, 3.05) is 19.8 Å². The number of carbonyl (C=O) groups is 1. The molecule has 4 nitrogen and oxygen atoms in total. The van der Waals surface area contributed by atoms with Crippen molar-refractivity contribution < 1.29 is 14.3 Å². The number of fused-ring (bicyclic) bond motifs is 1. The zero-order valence-corrected chi connectivity index (χ0v) is 11.0.